The maximum Gasteiger partial charge on any atom is 0.137 e. The number of methoxy groups -OCH3 is 1. The molecule has 84 valence electrons. The number of ether oxygens (including phenoxy) is 1. The third-order valence-electron chi connectivity index (χ3n) is 2.14. The van der Waals surface area contributed by atoms with Gasteiger partial charge < -0.3 is 10.1 Å². The standard InChI is InChI=1S/C11H15BrFNO/c1-3-14-10(7-15-2)8-5-4-6-9(13)11(8)12/h4-6,10,14H,3,7H2,1-2H3. The fourth-order valence-electron chi connectivity index (χ4n) is 1.46. The number of hydrogen-bond donors (Lipinski definition) is 1. The van der Waals surface area contributed by atoms with Gasteiger partial charge in [-0.05, 0) is 34.1 Å². The van der Waals surface area contributed by atoms with Crippen LogP contribution in [0.2, 0.25) is 0 Å². The Hall–Kier alpha value is -0.450. The van der Waals surface area contributed by atoms with Crippen molar-refractivity contribution in [1.29, 1.82) is 0 Å². The summed E-state index contributed by atoms with van der Waals surface area (Å²) in [7, 11) is 1.64. The molecule has 2 nitrogen and oxygen atoms in total. The normalized spacial score (nSPS) is 12.8. The Labute approximate surface area is 98.0 Å². The van der Waals surface area contributed by atoms with Crippen molar-refractivity contribution >= 4 is 15.9 Å². The summed E-state index contributed by atoms with van der Waals surface area (Å²) in [6.07, 6.45) is 0. The molecule has 0 fully saturated rings. The molecule has 0 spiro atoms. The lowest BCUT2D eigenvalue weighted by Crippen LogP contribution is -2.25. The lowest BCUT2D eigenvalue weighted by molar-refractivity contribution is 0.167. The van der Waals surface area contributed by atoms with Crippen LogP contribution < -0.4 is 5.32 Å². The van der Waals surface area contributed by atoms with Crippen molar-refractivity contribution in [2.45, 2.75) is 13.0 Å². The average Bonchev–Trinajstić information content (AvgIpc) is 2.22. The Morgan fingerprint density at radius 2 is 2.27 bits per heavy atom. The molecule has 0 bridgehead atoms. The fraction of sp³-hybridized carbons (Fsp3) is 0.455. The minimum absolute atomic E-state index is 0.0186. The SMILES string of the molecule is CCNC(COC)c1cccc(F)c1Br. The predicted octanol–water partition coefficient (Wildman–Crippen LogP) is 2.89. The average molecular weight is 276 g/mol. The van der Waals surface area contributed by atoms with Gasteiger partial charge in [0, 0.05) is 7.11 Å². The second-order valence-electron chi connectivity index (χ2n) is 3.21. The summed E-state index contributed by atoms with van der Waals surface area (Å²) in [6.45, 7) is 3.35. The van der Waals surface area contributed by atoms with Gasteiger partial charge in [0.1, 0.15) is 5.82 Å². The van der Waals surface area contributed by atoms with Crippen molar-refractivity contribution in [3.8, 4) is 0 Å². The van der Waals surface area contributed by atoms with Gasteiger partial charge in [0.25, 0.3) is 0 Å². The van der Waals surface area contributed by atoms with Gasteiger partial charge in [-0.2, -0.15) is 0 Å². The zero-order valence-corrected chi connectivity index (χ0v) is 10.5. The Kier molecular flexibility index (Phi) is 5.22. The summed E-state index contributed by atoms with van der Waals surface area (Å²) in [4.78, 5) is 0. The van der Waals surface area contributed by atoms with E-state index in [-0.39, 0.29) is 11.9 Å². The molecular weight excluding hydrogens is 261 g/mol. The molecule has 0 aliphatic rings. The van der Waals surface area contributed by atoms with Crippen LogP contribution in [0.1, 0.15) is 18.5 Å². The van der Waals surface area contributed by atoms with Gasteiger partial charge in [0.05, 0.1) is 17.1 Å². The molecule has 0 amide bonds. The van der Waals surface area contributed by atoms with Crippen LogP contribution >= 0.6 is 15.9 Å². The number of nitrogens with one attached hydrogen (secondary N) is 1. The van der Waals surface area contributed by atoms with Gasteiger partial charge in [0.2, 0.25) is 0 Å². The second-order valence-corrected chi connectivity index (χ2v) is 4.00. The molecule has 1 aromatic rings. The first-order valence-electron chi connectivity index (χ1n) is 4.87. The van der Waals surface area contributed by atoms with Crippen molar-refractivity contribution in [1.82, 2.24) is 5.32 Å². The highest BCUT2D eigenvalue weighted by molar-refractivity contribution is 9.10. The monoisotopic (exact) mass is 275 g/mol. The molecule has 0 aromatic heterocycles. The first-order valence-corrected chi connectivity index (χ1v) is 5.66. The van der Waals surface area contributed by atoms with Gasteiger partial charge in [-0.15, -0.1) is 0 Å². The van der Waals surface area contributed by atoms with Crippen LogP contribution in [0.4, 0.5) is 4.39 Å². The van der Waals surface area contributed by atoms with E-state index in [4.69, 9.17) is 4.74 Å². The fourth-order valence-corrected chi connectivity index (χ4v) is 2.00. The predicted molar refractivity (Wildman–Crippen MR) is 62.4 cm³/mol. The van der Waals surface area contributed by atoms with Crippen molar-refractivity contribution in [2.75, 3.05) is 20.3 Å². The van der Waals surface area contributed by atoms with Crippen LogP contribution in [0.15, 0.2) is 22.7 Å². The van der Waals surface area contributed by atoms with E-state index >= 15 is 0 Å². The van der Waals surface area contributed by atoms with E-state index in [1.54, 1.807) is 13.2 Å². The summed E-state index contributed by atoms with van der Waals surface area (Å²) < 4.78 is 18.9. The van der Waals surface area contributed by atoms with E-state index < -0.39 is 0 Å². The van der Waals surface area contributed by atoms with E-state index in [9.17, 15) is 4.39 Å². The molecule has 1 rings (SSSR count). The smallest absolute Gasteiger partial charge is 0.137 e. The number of halogens is 2. The minimum atomic E-state index is -0.244. The van der Waals surface area contributed by atoms with E-state index in [2.05, 4.69) is 21.2 Å². The van der Waals surface area contributed by atoms with E-state index in [0.717, 1.165) is 12.1 Å². The second kappa shape index (κ2) is 6.20. The molecule has 0 aliphatic carbocycles. The van der Waals surface area contributed by atoms with E-state index in [1.165, 1.54) is 6.07 Å². The first-order chi connectivity index (χ1) is 7.20. The molecule has 1 atom stereocenters. The lowest BCUT2D eigenvalue weighted by Gasteiger charge is -2.18. The molecular formula is C11H15BrFNO. The number of hydrogen-bond acceptors (Lipinski definition) is 2. The molecule has 15 heavy (non-hydrogen) atoms. The summed E-state index contributed by atoms with van der Waals surface area (Å²) >= 11 is 3.25. The van der Waals surface area contributed by atoms with Gasteiger partial charge in [0.15, 0.2) is 0 Å². The molecule has 0 aliphatic heterocycles. The van der Waals surface area contributed by atoms with Crippen LogP contribution in [0.25, 0.3) is 0 Å². The third-order valence-corrected chi connectivity index (χ3v) is 2.98. The first kappa shape index (κ1) is 12.6. The zero-order valence-electron chi connectivity index (χ0n) is 8.89. The number of benzene rings is 1. The van der Waals surface area contributed by atoms with Crippen molar-refractivity contribution in [3.63, 3.8) is 0 Å². The van der Waals surface area contributed by atoms with Crippen molar-refractivity contribution in [3.05, 3.63) is 34.1 Å². The van der Waals surface area contributed by atoms with Crippen molar-refractivity contribution < 1.29 is 9.13 Å². The van der Waals surface area contributed by atoms with Crippen LogP contribution in [0, 0.1) is 5.82 Å². The number of rotatable bonds is 5. The lowest BCUT2D eigenvalue weighted by atomic mass is 10.1. The van der Waals surface area contributed by atoms with Crippen LogP contribution in [-0.4, -0.2) is 20.3 Å². The maximum atomic E-state index is 13.3. The molecule has 1 N–H and O–H groups in total. The van der Waals surface area contributed by atoms with Crippen molar-refractivity contribution in [2.24, 2.45) is 0 Å². The Morgan fingerprint density at radius 3 is 2.87 bits per heavy atom. The Balaban J connectivity index is 2.94. The summed E-state index contributed by atoms with van der Waals surface area (Å²) in [5.74, 6) is -0.244. The highest BCUT2D eigenvalue weighted by atomic mass is 79.9. The maximum absolute atomic E-state index is 13.3. The Morgan fingerprint density at radius 1 is 1.53 bits per heavy atom. The topological polar surface area (TPSA) is 21.3 Å². The molecule has 0 heterocycles. The van der Waals surface area contributed by atoms with Crippen LogP contribution in [-0.2, 0) is 4.74 Å². The summed E-state index contributed by atoms with van der Waals surface area (Å²) in [5.41, 5.74) is 0.888. The largest absolute Gasteiger partial charge is 0.383 e. The van der Waals surface area contributed by atoms with Gasteiger partial charge >= 0.3 is 0 Å². The summed E-state index contributed by atoms with van der Waals surface area (Å²) in [5, 5.41) is 3.25. The third kappa shape index (κ3) is 3.26. The molecule has 0 saturated carbocycles. The van der Waals surface area contributed by atoms with E-state index in [1.807, 2.05) is 13.0 Å². The molecule has 0 saturated heterocycles. The van der Waals surface area contributed by atoms with Gasteiger partial charge in [-0.1, -0.05) is 19.1 Å². The summed E-state index contributed by atoms with van der Waals surface area (Å²) in [6, 6.07) is 5.04. The van der Waals surface area contributed by atoms with Crippen LogP contribution in [0.3, 0.4) is 0 Å². The number of likely N-dealkylation sites (N-methyl/N-ethyl adjacent to an activating group) is 1. The van der Waals surface area contributed by atoms with E-state index in [0.29, 0.717) is 11.1 Å². The van der Waals surface area contributed by atoms with Gasteiger partial charge in [-0.25, -0.2) is 4.39 Å². The highest BCUT2D eigenvalue weighted by Gasteiger charge is 2.15. The quantitative estimate of drug-likeness (QED) is 0.892. The van der Waals surface area contributed by atoms with Gasteiger partial charge in [-0.3, -0.25) is 0 Å². The highest BCUT2D eigenvalue weighted by Crippen LogP contribution is 2.26. The molecule has 1 aromatic carbocycles. The Bertz CT molecular complexity index is 313. The molecule has 0 radical (unpaired) electrons. The molecule has 4 heteroatoms. The molecule has 1 unspecified atom stereocenters. The zero-order chi connectivity index (χ0) is 11.3. The minimum Gasteiger partial charge on any atom is -0.383 e. The van der Waals surface area contributed by atoms with Crippen LogP contribution in [0.5, 0.6) is 0 Å².